The molecule has 0 radical (unpaired) electrons. The van der Waals surface area contributed by atoms with Gasteiger partial charge in [0.2, 0.25) is 0 Å². The highest BCUT2D eigenvalue weighted by Crippen LogP contribution is 2.22. The lowest BCUT2D eigenvalue weighted by Gasteiger charge is -2.06. The molecule has 0 aliphatic rings. The number of aromatic nitrogens is 4. The van der Waals surface area contributed by atoms with Gasteiger partial charge in [-0.2, -0.15) is 10.2 Å². The third kappa shape index (κ3) is 5.40. The van der Waals surface area contributed by atoms with Crippen LogP contribution in [0.4, 0.5) is 10.2 Å². The summed E-state index contributed by atoms with van der Waals surface area (Å²) in [5.74, 6) is -0.424. The van der Waals surface area contributed by atoms with E-state index in [2.05, 4.69) is 15.5 Å². The van der Waals surface area contributed by atoms with E-state index in [1.807, 2.05) is 12.1 Å². The van der Waals surface area contributed by atoms with Crippen molar-refractivity contribution in [3.05, 3.63) is 93.1 Å². The van der Waals surface area contributed by atoms with Crippen molar-refractivity contribution in [1.82, 2.24) is 19.6 Å². The molecule has 2 heterocycles. The maximum absolute atomic E-state index is 13.2. The molecule has 0 bridgehead atoms. The Morgan fingerprint density at radius 1 is 1.00 bits per heavy atom. The molecule has 0 unspecified atom stereocenters. The molecule has 0 spiro atoms. The Morgan fingerprint density at radius 2 is 1.78 bits per heavy atom. The van der Waals surface area contributed by atoms with E-state index in [-0.39, 0.29) is 23.3 Å². The molecular formula is C21H15Cl3FN5O2. The monoisotopic (exact) mass is 493 g/mol. The summed E-state index contributed by atoms with van der Waals surface area (Å²) in [6.07, 6.45) is 3.19. The largest absolute Gasteiger partial charge is 0.471 e. The first kappa shape index (κ1) is 22.1. The number of amides is 1. The number of nitrogens with zero attached hydrogens (tertiary/aromatic N) is 4. The normalized spacial score (nSPS) is 10.9. The summed E-state index contributed by atoms with van der Waals surface area (Å²) in [4.78, 5) is 12.5. The highest BCUT2D eigenvalue weighted by atomic mass is 35.5. The van der Waals surface area contributed by atoms with Gasteiger partial charge in [0.05, 0.1) is 11.6 Å². The van der Waals surface area contributed by atoms with Crippen LogP contribution in [0.15, 0.2) is 60.9 Å². The second-order valence-electron chi connectivity index (χ2n) is 6.69. The number of ether oxygens (including phenoxy) is 1. The SMILES string of the molecule is O=C(Nc1nn(Cc2ccc(Cl)cc2)cc1Cl)c1ccn(COc2ccc(F)c(Cl)c2)n1. The van der Waals surface area contributed by atoms with Crippen LogP contribution in [-0.4, -0.2) is 25.5 Å². The topological polar surface area (TPSA) is 74.0 Å². The van der Waals surface area contributed by atoms with Crippen LogP contribution in [-0.2, 0) is 13.3 Å². The fraction of sp³-hybridized carbons (Fsp3) is 0.0952. The summed E-state index contributed by atoms with van der Waals surface area (Å²) in [7, 11) is 0. The number of carbonyl (C=O) groups is 1. The molecule has 11 heteroatoms. The standard InChI is InChI=1S/C21H15Cl3FN5O2/c22-14-3-1-13(2-4-14)10-30-11-17(24)20(28-30)26-21(31)19-7-8-29(27-19)12-32-15-5-6-18(25)16(23)9-15/h1-9,11H,10,12H2,(H,26,28,31). The molecule has 0 atom stereocenters. The second kappa shape index (κ2) is 9.60. The van der Waals surface area contributed by atoms with Gasteiger partial charge in [0.1, 0.15) is 16.6 Å². The predicted molar refractivity (Wildman–Crippen MR) is 120 cm³/mol. The van der Waals surface area contributed by atoms with Crippen molar-refractivity contribution in [1.29, 1.82) is 0 Å². The van der Waals surface area contributed by atoms with Crippen molar-refractivity contribution in [3.63, 3.8) is 0 Å². The van der Waals surface area contributed by atoms with Gasteiger partial charge < -0.3 is 10.1 Å². The van der Waals surface area contributed by atoms with Gasteiger partial charge in [-0.05, 0) is 35.9 Å². The number of halogens is 4. The molecular weight excluding hydrogens is 480 g/mol. The number of carbonyl (C=O) groups excluding carboxylic acids is 1. The van der Waals surface area contributed by atoms with E-state index in [0.717, 1.165) is 5.56 Å². The van der Waals surface area contributed by atoms with E-state index in [4.69, 9.17) is 39.5 Å². The number of nitrogens with one attached hydrogen (secondary N) is 1. The molecule has 7 nitrogen and oxygen atoms in total. The summed E-state index contributed by atoms with van der Waals surface area (Å²) in [5, 5.41) is 12.0. The maximum Gasteiger partial charge on any atom is 0.277 e. The van der Waals surface area contributed by atoms with E-state index in [0.29, 0.717) is 22.3 Å². The van der Waals surface area contributed by atoms with Gasteiger partial charge in [0.15, 0.2) is 18.2 Å². The lowest BCUT2D eigenvalue weighted by atomic mass is 10.2. The Morgan fingerprint density at radius 3 is 2.53 bits per heavy atom. The molecule has 0 saturated carbocycles. The van der Waals surface area contributed by atoms with Crippen molar-refractivity contribution >= 4 is 46.5 Å². The van der Waals surface area contributed by atoms with E-state index in [1.54, 1.807) is 29.2 Å². The molecule has 4 rings (SSSR count). The van der Waals surface area contributed by atoms with E-state index in [9.17, 15) is 9.18 Å². The lowest BCUT2D eigenvalue weighted by molar-refractivity contribution is 0.101. The van der Waals surface area contributed by atoms with Gasteiger partial charge in [-0.3, -0.25) is 9.48 Å². The Bertz CT molecular complexity index is 1260. The third-order valence-electron chi connectivity index (χ3n) is 4.33. The Hall–Kier alpha value is -3.07. The Kier molecular flexibility index (Phi) is 6.64. The number of rotatable bonds is 7. The molecule has 4 aromatic rings. The Labute approximate surface area is 197 Å². The molecule has 0 saturated heterocycles. The summed E-state index contributed by atoms with van der Waals surface area (Å²) >= 11 is 17.8. The van der Waals surface area contributed by atoms with Gasteiger partial charge >= 0.3 is 0 Å². The van der Waals surface area contributed by atoms with Crippen molar-refractivity contribution < 1.29 is 13.9 Å². The predicted octanol–water partition coefficient (Wildman–Crippen LogP) is 5.52. The molecule has 1 amide bonds. The van der Waals surface area contributed by atoms with Gasteiger partial charge in [0, 0.05) is 23.5 Å². The number of hydrogen-bond donors (Lipinski definition) is 1. The smallest absolute Gasteiger partial charge is 0.277 e. The average molecular weight is 495 g/mol. The molecule has 164 valence electrons. The second-order valence-corrected chi connectivity index (χ2v) is 7.94. The first-order valence-corrected chi connectivity index (χ1v) is 10.4. The highest BCUT2D eigenvalue weighted by Gasteiger charge is 2.15. The molecule has 2 aromatic carbocycles. The third-order valence-corrected chi connectivity index (χ3v) is 5.15. The van der Waals surface area contributed by atoms with E-state index >= 15 is 0 Å². The number of benzene rings is 2. The van der Waals surface area contributed by atoms with Crippen LogP contribution in [0.1, 0.15) is 16.1 Å². The lowest BCUT2D eigenvalue weighted by Crippen LogP contribution is -2.15. The van der Waals surface area contributed by atoms with Gasteiger partial charge in [-0.25, -0.2) is 9.07 Å². The van der Waals surface area contributed by atoms with Gasteiger partial charge in [-0.1, -0.05) is 46.9 Å². The highest BCUT2D eigenvalue weighted by molar-refractivity contribution is 6.33. The molecule has 0 aliphatic heterocycles. The molecule has 0 fully saturated rings. The first-order chi connectivity index (χ1) is 15.4. The van der Waals surface area contributed by atoms with E-state index < -0.39 is 11.7 Å². The van der Waals surface area contributed by atoms with Crippen LogP contribution >= 0.6 is 34.8 Å². The minimum Gasteiger partial charge on any atom is -0.471 e. The summed E-state index contributed by atoms with van der Waals surface area (Å²) in [6.45, 7) is 0.470. The summed E-state index contributed by atoms with van der Waals surface area (Å²) in [6, 6.07) is 12.9. The zero-order valence-corrected chi connectivity index (χ0v) is 18.6. The number of anilines is 1. The zero-order chi connectivity index (χ0) is 22.7. The Balaban J connectivity index is 1.37. The van der Waals surface area contributed by atoms with Crippen LogP contribution in [0.3, 0.4) is 0 Å². The van der Waals surface area contributed by atoms with Crippen LogP contribution in [0.2, 0.25) is 15.1 Å². The van der Waals surface area contributed by atoms with Gasteiger partial charge in [0.25, 0.3) is 5.91 Å². The van der Waals surface area contributed by atoms with Crippen LogP contribution in [0.5, 0.6) is 5.75 Å². The minimum atomic E-state index is -0.536. The molecule has 32 heavy (non-hydrogen) atoms. The van der Waals surface area contributed by atoms with Crippen molar-refractivity contribution in [2.24, 2.45) is 0 Å². The van der Waals surface area contributed by atoms with E-state index in [1.165, 1.54) is 28.9 Å². The number of hydrogen-bond acceptors (Lipinski definition) is 4. The molecule has 0 aliphatic carbocycles. The van der Waals surface area contributed by atoms with Crippen molar-refractivity contribution in [3.8, 4) is 5.75 Å². The quantitative estimate of drug-likeness (QED) is 0.367. The van der Waals surface area contributed by atoms with Crippen LogP contribution in [0, 0.1) is 5.82 Å². The van der Waals surface area contributed by atoms with Crippen molar-refractivity contribution in [2.75, 3.05) is 5.32 Å². The maximum atomic E-state index is 13.2. The molecule has 1 N–H and O–H groups in total. The van der Waals surface area contributed by atoms with Crippen LogP contribution < -0.4 is 10.1 Å². The summed E-state index contributed by atoms with van der Waals surface area (Å²) < 4.78 is 21.7. The van der Waals surface area contributed by atoms with Crippen molar-refractivity contribution in [2.45, 2.75) is 13.3 Å². The first-order valence-electron chi connectivity index (χ1n) is 9.27. The van der Waals surface area contributed by atoms with Crippen LogP contribution in [0.25, 0.3) is 0 Å². The fourth-order valence-electron chi connectivity index (χ4n) is 2.77. The van der Waals surface area contributed by atoms with Gasteiger partial charge in [-0.15, -0.1) is 0 Å². The molecule has 2 aromatic heterocycles. The minimum absolute atomic E-state index is 0.00567. The zero-order valence-electron chi connectivity index (χ0n) is 16.3. The fourth-order valence-corrected chi connectivity index (χ4v) is 3.27. The summed E-state index contributed by atoms with van der Waals surface area (Å²) in [5.41, 5.74) is 1.13. The average Bonchev–Trinajstić information content (AvgIpc) is 3.37.